The Morgan fingerprint density at radius 1 is 1.23 bits per heavy atom. The number of anilines is 1. The van der Waals surface area contributed by atoms with Gasteiger partial charge in [-0.3, -0.25) is 0 Å². The molecule has 3 aliphatic rings. The number of hydrogen-bond acceptors (Lipinski definition) is 5. The number of nitrogens with zero attached hydrogens (tertiary/aromatic N) is 1. The van der Waals surface area contributed by atoms with Gasteiger partial charge in [-0.2, -0.15) is 9.59 Å². The number of fused-ring (bicyclic) bond motifs is 3. The van der Waals surface area contributed by atoms with Crippen molar-refractivity contribution in [2.75, 3.05) is 31.7 Å². The summed E-state index contributed by atoms with van der Waals surface area (Å²) in [6.45, 7) is 4.60. The van der Waals surface area contributed by atoms with Gasteiger partial charge >= 0.3 is 6.15 Å². The molecule has 2 aromatic rings. The molecule has 2 aliphatic carbocycles. The maximum Gasteiger partial charge on any atom is 0.373 e. The van der Waals surface area contributed by atoms with Crippen molar-refractivity contribution in [3.8, 4) is 17.6 Å². The molecule has 1 heterocycles. The Morgan fingerprint density at radius 3 is 2.74 bits per heavy atom. The van der Waals surface area contributed by atoms with Crippen molar-refractivity contribution in [2.24, 2.45) is 11.8 Å². The summed E-state index contributed by atoms with van der Waals surface area (Å²) in [6.07, 6.45) is 6.11. The van der Waals surface area contributed by atoms with Crippen molar-refractivity contribution >= 4 is 23.4 Å². The standard InChI is InChI=1S/C28H32ClNO2.CO2/c1-3-7-26(31-2)23-13-11-21(23)17-30-18-28(19-32-27-10-5-4-9-25(27)30)15-6-8-20-16-22(29)12-14-24(20)28;2-1-3/h4-5,9-10,12,14,16,21,23,26H,6,8,11,13,15,17-19H2,1-2H3;/t21-,23+,26-,28-;/m0./s1. The first-order valence-electron chi connectivity index (χ1n) is 12.2. The van der Waals surface area contributed by atoms with Crippen LogP contribution in [0.5, 0.6) is 5.75 Å². The summed E-state index contributed by atoms with van der Waals surface area (Å²) in [7, 11) is 1.79. The van der Waals surface area contributed by atoms with Crippen molar-refractivity contribution in [1.29, 1.82) is 0 Å². The van der Waals surface area contributed by atoms with Gasteiger partial charge in [0.15, 0.2) is 0 Å². The smallest absolute Gasteiger partial charge is 0.373 e. The quantitative estimate of drug-likeness (QED) is 0.541. The van der Waals surface area contributed by atoms with Crippen LogP contribution in [0.4, 0.5) is 5.69 Å². The van der Waals surface area contributed by atoms with Gasteiger partial charge in [0.1, 0.15) is 11.9 Å². The Kier molecular flexibility index (Phi) is 8.19. The number of halogens is 1. The van der Waals surface area contributed by atoms with Crippen LogP contribution in [0.3, 0.4) is 0 Å². The molecule has 4 atom stereocenters. The molecular weight excluding hydrogens is 462 g/mol. The van der Waals surface area contributed by atoms with Gasteiger partial charge in [-0.1, -0.05) is 35.7 Å². The molecule has 0 bridgehead atoms. The number of ether oxygens (including phenoxy) is 2. The molecule has 0 radical (unpaired) electrons. The molecule has 1 spiro atoms. The van der Waals surface area contributed by atoms with E-state index in [0.717, 1.165) is 36.7 Å². The maximum absolute atomic E-state index is 8.12. The summed E-state index contributed by atoms with van der Waals surface area (Å²) >= 11 is 6.35. The van der Waals surface area contributed by atoms with E-state index in [1.807, 2.05) is 13.0 Å². The van der Waals surface area contributed by atoms with Crippen molar-refractivity contribution in [1.82, 2.24) is 0 Å². The van der Waals surface area contributed by atoms with Crippen LogP contribution in [-0.4, -0.2) is 39.1 Å². The SMILES string of the molecule is CC#C[C@H](OC)[C@@H]1CC[C@H]1CN1C[C@@]2(CCCc3cc(Cl)ccc32)COc2ccccc21.O=C=O. The van der Waals surface area contributed by atoms with Gasteiger partial charge in [-0.05, 0) is 80.3 Å². The maximum atomic E-state index is 8.12. The fourth-order valence-corrected chi connectivity index (χ4v) is 6.25. The van der Waals surface area contributed by atoms with Gasteiger partial charge in [0.25, 0.3) is 0 Å². The first-order chi connectivity index (χ1) is 17.0. The van der Waals surface area contributed by atoms with E-state index in [1.165, 1.54) is 36.1 Å². The molecule has 2 aromatic carbocycles. The lowest BCUT2D eigenvalue weighted by atomic mass is 9.68. The van der Waals surface area contributed by atoms with Gasteiger partial charge < -0.3 is 14.4 Å². The minimum atomic E-state index is -0.0136. The molecule has 0 N–H and O–H groups in total. The minimum Gasteiger partial charge on any atom is -0.490 e. The molecule has 35 heavy (non-hydrogen) atoms. The highest BCUT2D eigenvalue weighted by Gasteiger charge is 2.44. The van der Waals surface area contributed by atoms with E-state index in [9.17, 15) is 0 Å². The Hall–Kier alpha value is -2.77. The van der Waals surface area contributed by atoms with E-state index in [4.69, 9.17) is 30.7 Å². The number of carbonyl (C=O) groups excluding carboxylic acids is 2. The number of benzene rings is 2. The Balaban J connectivity index is 0.000000917. The van der Waals surface area contributed by atoms with Gasteiger partial charge in [-0.25, -0.2) is 0 Å². The van der Waals surface area contributed by atoms with E-state index >= 15 is 0 Å². The molecule has 0 aromatic heterocycles. The molecule has 0 amide bonds. The van der Waals surface area contributed by atoms with Crippen molar-refractivity contribution in [3.63, 3.8) is 0 Å². The molecule has 184 valence electrons. The number of hydrogen-bond donors (Lipinski definition) is 0. The topological polar surface area (TPSA) is 55.8 Å². The zero-order valence-corrected chi connectivity index (χ0v) is 21.1. The van der Waals surface area contributed by atoms with Crippen LogP contribution in [0.25, 0.3) is 0 Å². The third-order valence-corrected chi connectivity index (χ3v) is 8.04. The number of methoxy groups -OCH3 is 1. The fourth-order valence-electron chi connectivity index (χ4n) is 6.05. The second kappa shape index (κ2) is 11.3. The fraction of sp³-hybridized carbons (Fsp3) is 0.483. The zero-order chi connectivity index (χ0) is 24.8. The second-order valence-electron chi connectivity index (χ2n) is 9.71. The Morgan fingerprint density at radius 2 is 2.03 bits per heavy atom. The van der Waals surface area contributed by atoms with Crippen molar-refractivity contribution in [3.05, 3.63) is 58.6 Å². The van der Waals surface area contributed by atoms with E-state index in [0.29, 0.717) is 18.4 Å². The normalized spacial score (nSPS) is 25.1. The van der Waals surface area contributed by atoms with Crippen molar-refractivity contribution < 1.29 is 19.1 Å². The first-order valence-corrected chi connectivity index (χ1v) is 12.6. The molecular formula is C29H32ClNO4. The van der Waals surface area contributed by atoms with Crippen LogP contribution in [0.1, 0.15) is 43.7 Å². The number of para-hydroxylation sites is 2. The highest BCUT2D eigenvalue weighted by molar-refractivity contribution is 6.30. The predicted octanol–water partition coefficient (Wildman–Crippen LogP) is 5.29. The van der Waals surface area contributed by atoms with Crippen LogP contribution in [0.15, 0.2) is 42.5 Å². The van der Waals surface area contributed by atoms with E-state index < -0.39 is 0 Å². The third kappa shape index (κ3) is 5.26. The zero-order valence-electron chi connectivity index (χ0n) is 20.4. The summed E-state index contributed by atoms with van der Waals surface area (Å²) in [6, 6.07) is 15.0. The third-order valence-electron chi connectivity index (χ3n) is 7.80. The number of aryl methyl sites for hydroxylation is 1. The highest BCUT2D eigenvalue weighted by Crippen LogP contribution is 2.46. The summed E-state index contributed by atoms with van der Waals surface area (Å²) in [4.78, 5) is 18.8. The lowest BCUT2D eigenvalue weighted by molar-refractivity contribution is -0.191. The summed E-state index contributed by atoms with van der Waals surface area (Å²) in [5.41, 5.74) is 4.01. The highest BCUT2D eigenvalue weighted by atomic mass is 35.5. The molecule has 1 saturated carbocycles. The van der Waals surface area contributed by atoms with Crippen LogP contribution >= 0.6 is 11.6 Å². The molecule has 6 heteroatoms. The van der Waals surface area contributed by atoms with Gasteiger partial charge in [0.05, 0.1) is 12.3 Å². The van der Waals surface area contributed by atoms with Crippen LogP contribution < -0.4 is 9.64 Å². The summed E-state index contributed by atoms with van der Waals surface area (Å²) in [5, 5.41) is 0.829. The Labute approximate surface area is 212 Å². The second-order valence-corrected chi connectivity index (χ2v) is 10.1. The van der Waals surface area contributed by atoms with Crippen LogP contribution in [0, 0.1) is 23.7 Å². The summed E-state index contributed by atoms with van der Waals surface area (Å²) in [5.74, 6) is 8.42. The van der Waals surface area contributed by atoms with Gasteiger partial charge in [-0.15, -0.1) is 5.92 Å². The molecule has 0 unspecified atom stereocenters. The average molecular weight is 494 g/mol. The van der Waals surface area contributed by atoms with Crippen LogP contribution in [0.2, 0.25) is 5.02 Å². The summed E-state index contributed by atoms with van der Waals surface area (Å²) < 4.78 is 12.3. The molecule has 1 aliphatic heterocycles. The minimum absolute atomic E-state index is 0.0136. The molecule has 5 nitrogen and oxygen atoms in total. The van der Waals surface area contributed by atoms with E-state index in [-0.39, 0.29) is 17.7 Å². The largest absolute Gasteiger partial charge is 0.490 e. The van der Waals surface area contributed by atoms with E-state index in [1.54, 1.807) is 7.11 Å². The molecule has 1 fully saturated rings. The average Bonchev–Trinajstić information content (AvgIpc) is 2.99. The lowest BCUT2D eigenvalue weighted by Gasteiger charge is -2.45. The van der Waals surface area contributed by atoms with Gasteiger partial charge in [0.2, 0.25) is 0 Å². The Bertz CT molecular complexity index is 1130. The monoisotopic (exact) mass is 493 g/mol. The van der Waals surface area contributed by atoms with Crippen LogP contribution in [-0.2, 0) is 26.2 Å². The molecule has 5 rings (SSSR count). The number of rotatable bonds is 4. The first kappa shape index (κ1) is 25.3. The van der Waals surface area contributed by atoms with E-state index in [2.05, 4.69) is 53.1 Å². The van der Waals surface area contributed by atoms with Crippen molar-refractivity contribution in [2.45, 2.75) is 50.5 Å². The van der Waals surface area contributed by atoms with Gasteiger partial charge in [0, 0.05) is 36.6 Å². The molecule has 0 saturated heterocycles. The predicted molar refractivity (Wildman–Crippen MR) is 136 cm³/mol. The lowest BCUT2D eigenvalue weighted by Crippen LogP contribution is -2.49.